The highest BCUT2D eigenvalue weighted by Crippen LogP contribution is 2.38. The molecule has 1 amide bonds. The lowest BCUT2D eigenvalue weighted by atomic mass is 9.79. The van der Waals surface area contributed by atoms with Crippen molar-refractivity contribution in [2.24, 2.45) is 11.8 Å². The lowest BCUT2D eigenvalue weighted by Gasteiger charge is -2.34. The average molecular weight is 541 g/mol. The molecular formula is C32H40N6O2. The molecule has 0 radical (unpaired) electrons. The number of nitriles is 1. The van der Waals surface area contributed by atoms with Crippen LogP contribution in [-0.4, -0.2) is 39.3 Å². The monoisotopic (exact) mass is 540 g/mol. The van der Waals surface area contributed by atoms with Crippen LogP contribution < -0.4 is 9.64 Å². The Hall–Kier alpha value is -3.73. The first kappa shape index (κ1) is 27.8. The van der Waals surface area contributed by atoms with Crippen molar-refractivity contribution in [3.05, 3.63) is 54.2 Å². The van der Waals surface area contributed by atoms with Crippen molar-refractivity contribution in [3.63, 3.8) is 0 Å². The maximum absolute atomic E-state index is 13.9. The van der Waals surface area contributed by atoms with Crippen molar-refractivity contribution in [2.75, 3.05) is 18.6 Å². The number of rotatable bonds is 8. The summed E-state index contributed by atoms with van der Waals surface area (Å²) in [4.78, 5) is 25.2. The smallest absolute Gasteiger partial charge is 0.231 e. The van der Waals surface area contributed by atoms with E-state index in [0.717, 1.165) is 74.0 Å². The lowest BCUT2D eigenvalue weighted by molar-refractivity contribution is -0.123. The zero-order valence-corrected chi connectivity index (χ0v) is 23.9. The van der Waals surface area contributed by atoms with E-state index in [9.17, 15) is 10.1 Å². The van der Waals surface area contributed by atoms with E-state index in [-0.39, 0.29) is 17.9 Å². The second-order valence-electron chi connectivity index (χ2n) is 11.6. The van der Waals surface area contributed by atoms with Crippen molar-refractivity contribution in [3.8, 4) is 22.9 Å². The van der Waals surface area contributed by atoms with Gasteiger partial charge in [-0.3, -0.25) is 14.4 Å². The van der Waals surface area contributed by atoms with Gasteiger partial charge in [0.15, 0.2) is 11.4 Å². The predicted molar refractivity (Wildman–Crippen MR) is 155 cm³/mol. The number of nitrogens with zero attached hydrogens (tertiary/aromatic N) is 6. The van der Waals surface area contributed by atoms with Gasteiger partial charge in [-0.15, -0.1) is 0 Å². The molecule has 3 heterocycles. The van der Waals surface area contributed by atoms with Gasteiger partial charge in [0.2, 0.25) is 5.91 Å². The third kappa shape index (κ3) is 6.19. The Morgan fingerprint density at radius 1 is 1.10 bits per heavy atom. The molecule has 0 atom stereocenters. The van der Waals surface area contributed by atoms with Crippen LogP contribution in [0.4, 0.5) is 5.82 Å². The van der Waals surface area contributed by atoms with Crippen molar-refractivity contribution >= 4 is 11.7 Å². The normalized spacial score (nSPS) is 19.8. The Labute approximate surface area is 237 Å². The Balaban J connectivity index is 1.33. The molecule has 0 saturated heterocycles. The molecule has 2 saturated carbocycles. The first-order chi connectivity index (χ1) is 19.5. The van der Waals surface area contributed by atoms with E-state index >= 15 is 0 Å². The molecule has 210 valence electrons. The first-order valence-corrected chi connectivity index (χ1v) is 14.7. The SMILES string of the molecule is COc1ccc(C2CCC(CN(C(=O)C3CCCCC3)c3cc(-c4cnn(C(C)C)c4)ccn3)CC2)nc1C#N. The molecule has 5 rings (SSSR count). The van der Waals surface area contributed by atoms with Gasteiger partial charge in [-0.05, 0) is 88.1 Å². The van der Waals surface area contributed by atoms with Gasteiger partial charge in [0, 0.05) is 48.1 Å². The molecule has 8 nitrogen and oxygen atoms in total. The van der Waals surface area contributed by atoms with Crippen LogP contribution in [0.2, 0.25) is 0 Å². The summed E-state index contributed by atoms with van der Waals surface area (Å²) >= 11 is 0. The first-order valence-electron chi connectivity index (χ1n) is 14.7. The second-order valence-corrected chi connectivity index (χ2v) is 11.6. The van der Waals surface area contributed by atoms with E-state index in [4.69, 9.17) is 9.72 Å². The summed E-state index contributed by atoms with van der Waals surface area (Å²) in [5.41, 5.74) is 3.37. The number of hydrogen-bond donors (Lipinski definition) is 0. The van der Waals surface area contributed by atoms with Crippen LogP contribution in [0.1, 0.15) is 95.0 Å². The van der Waals surface area contributed by atoms with E-state index in [1.54, 1.807) is 7.11 Å². The molecule has 0 aliphatic heterocycles. The molecule has 3 aromatic heterocycles. The van der Waals surface area contributed by atoms with Crippen molar-refractivity contribution in [1.29, 1.82) is 5.26 Å². The van der Waals surface area contributed by atoms with Crippen molar-refractivity contribution in [1.82, 2.24) is 19.7 Å². The summed E-state index contributed by atoms with van der Waals surface area (Å²) < 4.78 is 7.22. The highest BCUT2D eigenvalue weighted by atomic mass is 16.5. The standard InChI is InChI=1S/C32H40N6O2/c1-22(2)38-21-27(19-35-38)26-15-16-34-31(17-26)37(32(39)25-7-5-4-6-8-25)20-23-9-11-24(12-10-23)28-13-14-30(40-3)29(18-33)36-28/h13-17,19,21-25H,4-12,20H2,1-3H3. The van der Waals surface area contributed by atoms with Gasteiger partial charge in [-0.1, -0.05) is 19.3 Å². The van der Waals surface area contributed by atoms with Crippen LogP contribution in [0.5, 0.6) is 5.75 Å². The molecule has 0 unspecified atom stereocenters. The maximum Gasteiger partial charge on any atom is 0.231 e. The summed E-state index contributed by atoms with van der Waals surface area (Å²) in [6, 6.07) is 10.3. The van der Waals surface area contributed by atoms with Crippen molar-refractivity contribution < 1.29 is 9.53 Å². The van der Waals surface area contributed by atoms with E-state index < -0.39 is 0 Å². The number of carbonyl (C=O) groups excluding carboxylic acids is 1. The molecule has 0 spiro atoms. The molecule has 0 aromatic carbocycles. The fourth-order valence-corrected chi connectivity index (χ4v) is 6.21. The summed E-state index contributed by atoms with van der Waals surface area (Å²) in [6.45, 7) is 4.91. The number of amides is 1. The highest BCUT2D eigenvalue weighted by molar-refractivity contribution is 5.94. The molecule has 40 heavy (non-hydrogen) atoms. The van der Waals surface area contributed by atoms with E-state index in [0.29, 0.717) is 29.8 Å². The third-order valence-electron chi connectivity index (χ3n) is 8.62. The van der Waals surface area contributed by atoms with Gasteiger partial charge in [0.1, 0.15) is 11.9 Å². The summed E-state index contributed by atoms with van der Waals surface area (Å²) in [5.74, 6) is 2.26. The summed E-state index contributed by atoms with van der Waals surface area (Å²) in [7, 11) is 1.56. The average Bonchev–Trinajstić information content (AvgIpc) is 3.51. The third-order valence-corrected chi connectivity index (χ3v) is 8.62. The van der Waals surface area contributed by atoms with Crippen molar-refractivity contribution in [2.45, 2.75) is 83.6 Å². The fourth-order valence-electron chi connectivity index (χ4n) is 6.21. The number of ether oxygens (including phenoxy) is 1. The quantitative estimate of drug-likeness (QED) is 0.316. The maximum atomic E-state index is 13.9. The van der Waals surface area contributed by atoms with Crippen LogP contribution in [0.25, 0.3) is 11.1 Å². The zero-order valence-electron chi connectivity index (χ0n) is 23.9. The minimum atomic E-state index is 0.0761. The van der Waals surface area contributed by atoms with Crippen LogP contribution >= 0.6 is 0 Å². The molecule has 0 N–H and O–H groups in total. The summed E-state index contributed by atoms with van der Waals surface area (Å²) in [5, 5.41) is 14.0. The summed E-state index contributed by atoms with van der Waals surface area (Å²) in [6.07, 6.45) is 15.2. The van der Waals surface area contributed by atoms with Gasteiger partial charge in [0.25, 0.3) is 0 Å². The van der Waals surface area contributed by atoms with Crippen LogP contribution in [0, 0.1) is 23.2 Å². The number of anilines is 1. The number of hydrogen-bond acceptors (Lipinski definition) is 6. The molecule has 2 aliphatic carbocycles. The van der Waals surface area contributed by atoms with Gasteiger partial charge in [-0.2, -0.15) is 10.4 Å². The van der Waals surface area contributed by atoms with Gasteiger partial charge < -0.3 is 4.74 Å². The molecule has 3 aromatic rings. The highest BCUT2D eigenvalue weighted by Gasteiger charge is 2.32. The van der Waals surface area contributed by atoms with E-state index in [2.05, 4.69) is 42.3 Å². The molecule has 2 fully saturated rings. The minimum absolute atomic E-state index is 0.0761. The molecule has 8 heteroatoms. The number of aromatic nitrogens is 4. The zero-order chi connectivity index (χ0) is 28.1. The van der Waals surface area contributed by atoms with Gasteiger partial charge >= 0.3 is 0 Å². The Morgan fingerprint density at radius 3 is 2.55 bits per heavy atom. The Kier molecular flexibility index (Phi) is 8.78. The van der Waals surface area contributed by atoms with E-state index in [1.165, 1.54) is 6.42 Å². The Bertz CT molecular complexity index is 1350. The predicted octanol–water partition coefficient (Wildman–Crippen LogP) is 6.69. The van der Waals surface area contributed by atoms with Crippen LogP contribution in [0.3, 0.4) is 0 Å². The Morgan fingerprint density at radius 2 is 1.88 bits per heavy atom. The number of carbonyl (C=O) groups is 1. The van der Waals surface area contributed by atoms with Crippen LogP contribution in [0.15, 0.2) is 42.9 Å². The molecule has 0 bridgehead atoms. The largest absolute Gasteiger partial charge is 0.494 e. The topological polar surface area (TPSA) is 96.9 Å². The fraction of sp³-hybridized carbons (Fsp3) is 0.531. The number of methoxy groups -OCH3 is 1. The lowest BCUT2D eigenvalue weighted by Crippen LogP contribution is -2.41. The van der Waals surface area contributed by atoms with Gasteiger partial charge in [-0.25, -0.2) is 9.97 Å². The number of pyridine rings is 2. The van der Waals surface area contributed by atoms with Gasteiger partial charge in [0.05, 0.1) is 13.3 Å². The second kappa shape index (κ2) is 12.6. The molecular weight excluding hydrogens is 500 g/mol. The van der Waals surface area contributed by atoms with Crippen LogP contribution in [-0.2, 0) is 4.79 Å². The minimum Gasteiger partial charge on any atom is -0.494 e. The van der Waals surface area contributed by atoms with E-state index in [1.807, 2.05) is 40.2 Å². The molecule has 2 aliphatic rings.